The third-order valence-electron chi connectivity index (χ3n) is 5.20. The first-order valence-electron chi connectivity index (χ1n) is 10.9. The van der Waals surface area contributed by atoms with Gasteiger partial charge in [0.25, 0.3) is 0 Å². The Kier molecular flexibility index (Phi) is 7.78. The number of aromatic nitrogens is 3. The van der Waals surface area contributed by atoms with E-state index in [1.54, 1.807) is 0 Å². The molecule has 6 nitrogen and oxygen atoms in total. The summed E-state index contributed by atoms with van der Waals surface area (Å²) in [5.41, 5.74) is 4.21. The summed E-state index contributed by atoms with van der Waals surface area (Å²) in [6.45, 7) is 1.49. The molecular weight excluding hydrogens is 444 g/mol. The van der Waals surface area contributed by atoms with Crippen LogP contribution in [-0.4, -0.2) is 38.7 Å². The summed E-state index contributed by atoms with van der Waals surface area (Å²) < 4.78 is 0. The maximum Gasteiger partial charge on any atom is 0.231 e. The number of hydrogen-bond acceptors (Lipinski definition) is 6. The molecule has 1 unspecified atom stereocenters. The van der Waals surface area contributed by atoms with Crippen LogP contribution in [0.25, 0.3) is 22.5 Å². The molecule has 1 heterocycles. The van der Waals surface area contributed by atoms with Crippen molar-refractivity contribution < 1.29 is 9.59 Å². The first kappa shape index (κ1) is 23.3. The van der Waals surface area contributed by atoms with Crippen LogP contribution in [-0.2, 0) is 16.0 Å². The number of nitrogens with zero attached hydrogens (tertiary/aromatic N) is 3. The lowest BCUT2D eigenvalue weighted by atomic mass is 10.0. The topological polar surface area (TPSA) is 84.8 Å². The summed E-state index contributed by atoms with van der Waals surface area (Å²) in [6.07, 6.45) is 0.453. The van der Waals surface area contributed by atoms with E-state index in [-0.39, 0.29) is 17.4 Å². The van der Waals surface area contributed by atoms with Gasteiger partial charge in [0.05, 0.1) is 11.8 Å². The molecule has 170 valence electrons. The number of hydrogen-bond donors (Lipinski definition) is 1. The van der Waals surface area contributed by atoms with Gasteiger partial charge in [-0.15, -0.1) is 10.2 Å². The van der Waals surface area contributed by atoms with Gasteiger partial charge in [-0.2, -0.15) is 0 Å². The van der Waals surface area contributed by atoms with Crippen molar-refractivity contribution in [3.8, 4) is 22.5 Å². The van der Waals surface area contributed by atoms with Crippen LogP contribution in [0.2, 0.25) is 0 Å². The lowest BCUT2D eigenvalue weighted by Crippen LogP contribution is -2.42. The van der Waals surface area contributed by atoms with Gasteiger partial charge in [0.15, 0.2) is 5.78 Å². The Morgan fingerprint density at radius 3 is 1.94 bits per heavy atom. The Bertz CT molecular complexity index is 1250. The van der Waals surface area contributed by atoms with Crippen molar-refractivity contribution in [1.82, 2.24) is 20.5 Å². The summed E-state index contributed by atoms with van der Waals surface area (Å²) in [4.78, 5) is 29.4. The predicted molar refractivity (Wildman–Crippen MR) is 134 cm³/mol. The molecule has 7 heteroatoms. The third kappa shape index (κ3) is 6.14. The maximum absolute atomic E-state index is 12.6. The second-order valence-electron chi connectivity index (χ2n) is 7.73. The van der Waals surface area contributed by atoms with Crippen LogP contribution in [0.15, 0.2) is 96.2 Å². The number of carbonyl (C=O) groups excluding carboxylic acids is 2. The van der Waals surface area contributed by atoms with Gasteiger partial charge in [0.2, 0.25) is 11.1 Å². The van der Waals surface area contributed by atoms with Crippen LogP contribution in [0, 0.1) is 0 Å². The zero-order chi connectivity index (χ0) is 23.8. The van der Waals surface area contributed by atoms with Crippen molar-refractivity contribution in [3.63, 3.8) is 0 Å². The maximum atomic E-state index is 12.6. The van der Waals surface area contributed by atoms with Crippen LogP contribution in [0.4, 0.5) is 0 Å². The van der Waals surface area contributed by atoms with E-state index in [4.69, 9.17) is 4.98 Å². The molecule has 0 fully saturated rings. The van der Waals surface area contributed by atoms with E-state index in [2.05, 4.69) is 15.5 Å². The molecule has 0 saturated carbocycles. The van der Waals surface area contributed by atoms with Crippen LogP contribution < -0.4 is 5.32 Å². The second kappa shape index (κ2) is 11.3. The minimum Gasteiger partial charge on any atom is -0.345 e. The number of rotatable bonds is 9. The van der Waals surface area contributed by atoms with E-state index in [0.717, 1.165) is 16.7 Å². The molecule has 0 bridgehead atoms. The molecule has 1 aromatic heterocycles. The van der Waals surface area contributed by atoms with Crippen molar-refractivity contribution in [3.05, 3.63) is 96.6 Å². The molecule has 4 aromatic rings. The van der Waals surface area contributed by atoms with Crippen molar-refractivity contribution >= 4 is 23.5 Å². The zero-order valence-electron chi connectivity index (χ0n) is 18.7. The summed E-state index contributed by atoms with van der Waals surface area (Å²) in [7, 11) is 0. The Morgan fingerprint density at radius 1 is 0.794 bits per heavy atom. The largest absolute Gasteiger partial charge is 0.345 e. The number of benzene rings is 3. The van der Waals surface area contributed by atoms with E-state index in [1.807, 2.05) is 91.0 Å². The van der Waals surface area contributed by atoms with Gasteiger partial charge in [-0.3, -0.25) is 9.59 Å². The lowest BCUT2D eigenvalue weighted by Gasteiger charge is -2.16. The van der Waals surface area contributed by atoms with Gasteiger partial charge >= 0.3 is 0 Å². The zero-order valence-corrected chi connectivity index (χ0v) is 19.5. The molecule has 4 rings (SSSR count). The minimum atomic E-state index is -0.574. The monoisotopic (exact) mass is 468 g/mol. The van der Waals surface area contributed by atoms with Crippen molar-refractivity contribution in [2.45, 2.75) is 24.5 Å². The molecule has 1 N–H and O–H groups in total. The van der Waals surface area contributed by atoms with Crippen molar-refractivity contribution in [2.75, 3.05) is 5.75 Å². The number of nitrogens with one attached hydrogen (secondary N) is 1. The third-order valence-corrected chi connectivity index (χ3v) is 6.04. The quantitative estimate of drug-likeness (QED) is 0.361. The Labute approximate surface area is 202 Å². The average molecular weight is 469 g/mol. The Hall–Kier alpha value is -3.84. The number of amides is 1. The van der Waals surface area contributed by atoms with Crippen molar-refractivity contribution in [2.24, 2.45) is 0 Å². The molecule has 34 heavy (non-hydrogen) atoms. The summed E-state index contributed by atoms with van der Waals surface area (Å²) in [5.74, 6) is -0.254. The Morgan fingerprint density at radius 2 is 1.35 bits per heavy atom. The highest BCUT2D eigenvalue weighted by Crippen LogP contribution is 2.29. The number of carbonyl (C=O) groups is 2. The SMILES string of the molecule is CC(=O)C(Cc1ccccc1)NC(=O)CSc1nnc(-c2ccccc2)c(-c2ccccc2)n1. The van der Waals surface area contributed by atoms with Crippen LogP contribution >= 0.6 is 11.8 Å². The van der Waals surface area contributed by atoms with E-state index in [1.165, 1.54) is 18.7 Å². The minimum absolute atomic E-state index is 0.0825. The molecule has 0 saturated heterocycles. The standard InChI is InChI=1S/C27H24N4O2S/c1-19(32)23(17-20-11-5-2-6-12-20)28-24(33)18-34-27-29-25(21-13-7-3-8-14-21)26(30-31-27)22-15-9-4-10-16-22/h2-16,23H,17-18H2,1H3,(H,28,33). The van der Waals surface area contributed by atoms with Crippen LogP contribution in [0.5, 0.6) is 0 Å². The number of Topliss-reactive ketones (excluding diaryl/α,β-unsaturated/α-hetero) is 1. The van der Waals surface area contributed by atoms with Gasteiger partial charge in [0, 0.05) is 11.1 Å². The van der Waals surface area contributed by atoms with Crippen molar-refractivity contribution in [1.29, 1.82) is 0 Å². The van der Waals surface area contributed by atoms with E-state index < -0.39 is 6.04 Å². The van der Waals surface area contributed by atoms with Crippen LogP contribution in [0.1, 0.15) is 12.5 Å². The van der Waals surface area contributed by atoms with Crippen LogP contribution in [0.3, 0.4) is 0 Å². The highest BCUT2D eigenvalue weighted by Gasteiger charge is 2.19. The lowest BCUT2D eigenvalue weighted by molar-refractivity contribution is -0.125. The molecule has 3 aromatic carbocycles. The van der Waals surface area contributed by atoms with Gasteiger partial charge in [-0.1, -0.05) is 103 Å². The summed E-state index contributed by atoms with van der Waals surface area (Å²) in [5, 5.41) is 11.9. The number of ketones is 1. The van der Waals surface area contributed by atoms with Gasteiger partial charge in [-0.05, 0) is 18.9 Å². The summed E-state index contributed by atoms with van der Waals surface area (Å²) in [6, 6.07) is 28.6. The first-order valence-corrected chi connectivity index (χ1v) is 11.9. The predicted octanol–water partition coefficient (Wildman–Crippen LogP) is 4.61. The molecule has 0 spiro atoms. The van der Waals surface area contributed by atoms with Gasteiger partial charge in [0.1, 0.15) is 11.4 Å². The molecule has 0 aliphatic rings. The molecule has 0 aliphatic carbocycles. The van der Waals surface area contributed by atoms with E-state index in [0.29, 0.717) is 23.0 Å². The fourth-order valence-corrected chi connectivity index (χ4v) is 4.07. The second-order valence-corrected chi connectivity index (χ2v) is 8.68. The Balaban J connectivity index is 1.48. The highest BCUT2D eigenvalue weighted by atomic mass is 32.2. The number of thioether (sulfide) groups is 1. The average Bonchev–Trinajstić information content (AvgIpc) is 2.88. The molecular formula is C27H24N4O2S. The highest BCUT2D eigenvalue weighted by molar-refractivity contribution is 7.99. The molecule has 1 atom stereocenters. The van der Waals surface area contributed by atoms with Gasteiger partial charge in [-0.25, -0.2) is 4.98 Å². The van der Waals surface area contributed by atoms with E-state index in [9.17, 15) is 9.59 Å². The smallest absolute Gasteiger partial charge is 0.231 e. The molecule has 0 aliphatic heterocycles. The van der Waals surface area contributed by atoms with E-state index >= 15 is 0 Å². The summed E-state index contributed by atoms with van der Waals surface area (Å²) >= 11 is 1.19. The van der Waals surface area contributed by atoms with Gasteiger partial charge < -0.3 is 5.32 Å². The molecule has 0 radical (unpaired) electrons. The molecule has 1 amide bonds. The fourth-order valence-electron chi connectivity index (χ4n) is 3.47. The first-order chi connectivity index (χ1) is 16.6. The normalized spacial score (nSPS) is 11.6. The fraction of sp³-hybridized carbons (Fsp3) is 0.148.